The van der Waals surface area contributed by atoms with Crippen LogP contribution >= 0.6 is 0 Å². The Morgan fingerprint density at radius 3 is 3.15 bits per heavy atom. The molecule has 13 heavy (non-hydrogen) atoms. The van der Waals surface area contributed by atoms with Gasteiger partial charge in [-0.3, -0.25) is 9.89 Å². The van der Waals surface area contributed by atoms with Gasteiger partial charge < -0.3 is 5.32 Å². The predicted octanol–water partition coefficient (Wildman–Crippen LogP) is 0.795. The van der Waals surface area contributed by atoms with Crippen LogP contribution < -0.4 is 5.32 Å². The summed E-state index contributed by atoms with van der Waals surface area (Å²) in [5.74, 6) is 1.44. The molecule has 0 aliphatic heterocycles. The SMILES string of the molecule is CC1CC1CNC(=O)c1cn[nH]c1. The van der Waals surface area contributed by atoms with Crippen molar-refractivity contribution in [2.45, 2.75) is 13.3 Å². The summed E-state index contributed by atoms with van der Waals surface area (Å²) in [5.41, 5.74) is 0.605. The van der Waals surface area contributed by atoms with E-state index in [1.165, 1.54) is 12.6 Å². The van der Waals surface area contributed by atoms with Gasteiger partial charge in [-0.1, -0.05) is 6.92 Å². The lowest BCUT2D eigenvalue weighted by molar-refractivity contribution is 0.0951. The first-order chi connectivity index (χ1) is 6.27. The van der Waals surface area contributed by atoms with E-state index in [2.05, 4.69) is 22.4 Å². The third kappa shape index (κ3) is 1.88. The quantitative estimate of drug-likeness (QED) is 0.721. The summed E-state index contributed by atoms with van der Waals surface area (Å²) in [6.07, 6.45) is 4.38. The number of carbonyl (C=O) groups excluding carboxylic acids is 1. The third-order valence-corrected chi connectivity index (χ3v) is 2.56. The minimum atomic E-state index is -0.0344. The number of nitrogens with zero attached hydrogens (tertiary/aromatic N) is 1. The lowest BCUT2D eigenvalue weighted by atomic mass is 10.3. The van der Waals surface area contributed by atoms with Gasteiger partial charge in [0, 0.05) is 12.7 Å². The van der Waals surface area contributed by atoms with Gasteiger partial charge in [0.15, 0.2) is 0 Å². The van der Waals surface area contributed by atoms with E-state index >= 15 is 0 Å². The van der Waals surface area contributed by atoms with E-state index in [-0.39, 0.29) is 5.91 Å². The molecular formula is C9H13N3O. The van der Waals surface area contributed by atoms with E-state index in [1.54, 1.807) is 6.20 Å². The molecule has 1 aromatic rings. The molecule has 0 aromatic carbocycles. The van der Waals surface area contributed by atoms with Crippen molar-refractivity contribution in [2.75, 3.05) is 6.54 Å². The van der Waals surface area contributed by atoms with Gasteiger partial charge in [-0.25, -0.2) is 0 Å². The van der Waals surface area contributed by atoms with Gasteiger partial charge in [0.1, 0.15) is 0 Å². The van der Waals surface area contributed by atoms with Gasteiger partial charge in [-0.2, -0.15) is 5.10 Å². The fourth-order valence-corrected chi connectivity index (χ4v) is 1.38. The van der Waals surface area contributed by atoms with Crippen molar-refractivity contribution >= 4 is 5.91 Å². The highest BCUT2D eigenvalue weighted by Crippen LogP contribution is 2.36. The second-order valence-corrected chi connectivity index (χ2v) is 3.67. The van der Waals surface area contributed by atoms with Crippen LogP contribution in [0.5, 0.6) is 0 Å². The van der Waals surface area contributed by atoms with Crippen molar-refractivity contribution in [1.29, 1.82) is 0 Å². The molecule has 4 heteroatoms. The maximum atomic E-state index is 11.4. The van der Waals surface area contributed by atoms with E-state index in [9.17, 15) is 4.79 Å². The molecule has 1 saturated carbocycles. The molecule has 2 unspecified atom stereocenters. The average molecular weight is 179 g/mol. The molecule has 70 valence electrons. The Morgan fingerprint density at radius 1 is 1.85 bits per heavy atom. The highest BCUT2D eigenvalue weighted by molar-refractivity contribution is 5.93. The summed E-state index contributed by atoms with van der Waals surface area (Å²) in [4.78, 5) is 11.4. The van der Waals surface area contributed by atoms with Crippen LogP contribution in [-0.4, -0.2) is 22.6 Å². The lowest BCUT2D eigenvalue weighted by Gasteiger charge is -2.00. The minimum absolute atomic E-state index is 0.0344. The molecule has 2 N–H and O–H groups in total. The van der Waals surface area contributed by atoms with Crippen LogP contribution in [0, 0.1) is 11.8 Å². The van der Waals surface area contributed by atoms with E-state index < -0.39 is 0 Å². The molecule has 1 amide bonds. The number of carbonyl (C=O) groups is 1. The molecule has 2 atom stereocenters. The molecule has 1 aliphatic carbocycles. The van der Waals surface area contributed by atoms with Crippen LogP contribution in [-0.2, 0) is 0 Å². The molecular weight excluding hydrogens is 166 g/mol. The van der Waals surface area contributed by atoms with Gasteiger partial charge in [-0.05, 0) is 18.3 Å². The predicted molar refractivity (Wildman–Crippen MR) is 48.2 cm³/mol. The fourth-order valence-electron chi connectivity index (χ4n) is 1.38. The van der Waals surface area contributed by atoms with Gasteiger partial charge in [0.25, 0.3) is 5.91 Å². The topological polar surface area (TPSA) is 57.8 Å². The maximum Gasteiger partial charge on any atom is 0.254 e. The molecule has 1 fully saturated rings. The van der Waals surface area contributed by atoms with Gasteiger partial charge in [0.2, 0.25) is 0 Å². The number of nitrogens with one attached hydrogen (secondary N) is 2. The van der Waals surface area contributed by atoms with E-state index in [1.807, 2.05) is 0 Å². The molecule has 0 spiro atoms. The van der Waals surface area contributed by atoms with E-state index in [0.717, 1.165) is 12.5 Å². The van der Waals surface area contributed by atoms with Crippen LogP contribution in [0.2, 0.25) is 0 Å². The monoisotopic (exact) mass is 179 g/mol. The molecule has 0 bridgehead atoms. The summed E-state index contributed by atoms with van der Waals surface area (Å²) in [7, 11) is 0. The summed E-state index contributed by atoms with van der Waals surface area (Å²) >= 11 is 0. The largest absolute Gasteiger partial charge is 0.352 e. The van der Waals surface area contributed by atoms with Crippen molar-refractivity contribution < 1.29 is 4.79 Å². The highest BCUT2D eigenvalue weighted by atomic mass is 16.1. The Morgan fingerprint density at radius 2 is 2.62 bits per heavy atom. The van der Waals surface area contributed by atoms with E-state index in [4.69, 9.17) is 0 Å². The number of hydrogen-bond donors (Lipinski definition) is 2. The molecule has 4 nitrogen and oxygen atoms in total. The zero-order chi connectivity index (χ0) is 9.26. The molecule has 0 radical (unpaired) electrons. The van der Waals surface area contributed by atoms with Crippen LogP contribution in [0.1, 0.15) is 23.7 Å². The Labute approximate surface area is 76.7 Å². The summed E-state index contributed by atoms with van der Waals surface area (Å²) in [5, 5.41) is 9.21. The van der Waals surface area contributed by atoms with Gasteiger partial charge in [-0.15, -0.1) is 0 Å². The number of rotatable bonds is 3. The first-order valence-electron chi connectivity index (χ1n) is 4.54. The normalized spacial score (nSPS) is 25.6. The second kappa shape index (κ2) is 3.20. The zero-order valence-corrected chi connectivity index (χ0v) is 7.58. The van der Waals surface area contributed by atoms with Crippen LogP contribution in [0.3, 0.4) is 0 Å². The van der Waals surface area contributed by atoms with Gasteiger partial charge in [0.05, 0.1) is 11.8 Å². The number of H-pyrrole nitrogens is 1. The number of amides is 1. The first-order valence-corrected chi connectivity index (χ1v) is 4.54. The van der Waals surface area contributed by atoms with Crippen molar-refractivity contribution in [3.05, 3.63) is 18.0 Å². The zero-order valence-electron chi connectivity index (χ0n) is 7.58. The first kappa shape index (κ1) is 8.29. The number of aromatic nitrogens is 2. The second-order valence-electron chi connectivity index (χ2n) is 3.67. The number of hydrogen-bond acceptors (Lipinski definition) is 2. The third-order valence-electron chi connectivity index (χ3n) is 2.56. The smallest absolute Gasteiger partial charge is 0.254 e. The van der Waals surface area contributed by atoms with Crippen LogP contribution in [0.4, 0.5) is 0 Å². The molecule has 1 heterocycles. The highest BCUT2D eigenvalue weighted by Gasteiger charge is 2.32. The van der Waals surface area contributed by atoms with Crippen LogP contribution in [0.25, 0.3) is 0 Å². The van der Waals surface area contributed by atoms with Crippen molar-refractivity contribution in [3.8, 4) is 0 Å². The minimum Gasteiger partial charge on any atom is -0.352 e. The lowest BCUT2D eigenvalue weighted by Crippen LogP contribution is -2.25. The van der Waals surface area contributed by atoms with Crippen molar-refractivity contribution in [3.63, 3.8) is 0 Å². The Bertz CT molecular complexity index is 294. The fraction of sp³-hybridized carbons (Fsp3) is 0.556. The van der Waals surface area contributed by atoms with E-state index in [0.29, 0.717) is 11.5 Å². The number of aromatic amines is 1. The summed E-state index contributed by atoms with van der Waals surface area (Å²) < 4.78 is 0. The summed E-state index contributed by atoms with van der Waals surface area (Å²) in [6.45, 7) is 3.00. The van der Waals surface area contributed by atoms with Crippen molar-refractivity contribution in [1.82, 2.24) is 15.5 Å². The van der Waals surface area contributed by atoms with Gasteiger partial charge >= 0.3 is 0 Å². The Hall–Kier alpha value is -1.32. The van der Waals surface area contributed by atoms with Crippen LogP contribution in [0.15, 0.2) is 12.4 Å². The Balaban J connectivity index is 1.79. The Kier molecular flexibility index (Phi) is 2.04. The standard InChI is InChI=1S/C9H13N3O/c1-6-2-7(6)3-10-9(13)8-4-11-12-5-8/h4-7H,2-3H2,1H3,(H,10,13)(H,11,12). The average Bonchev–Trinajstić information content (AvgIpc) is 2.67. The van der Waals surface area contributed by atoms with Crippen molar-refractivity contribution in [2.24, 2.45) is 11.8 Å². The molecule has 0 saturated heterocycles. The maximum absolute atomic E-state index is 11.4. The summed E-state index contributed by atoms with van der Waals surface area (Å²) in [6, 6.07) is 0. The molecule has 2 rings (SSSR count). The molecule has 1 aliphatic rings. The molecule has 1 aromatic heterocycles.